The second kappa shape index (κ2) is 6.04. The molecule has 0 aliphatic carbocycles. The largest absolute Gasteiger partial charge is 0.397 e. The van der Waals surface area contributed by atoms with Crippen molar-refractivity contribution in [1.29, 1.82) is 0 Å². The fourth-order valence-electron chi connectivity index (χ4n) is 1.73. The van der Waals surface area contributed by atoms with E-state index >= 15 is 0 Å². The lowest BCUT2D eigenvalue weighted by molar-refractivity contribution is 0.185. The van der Waals surface area contributed by atoms with Gasteiger partial charge >= 0.3 is 0 Å². The van der Waals surface area contributed by atoms with Crippen LogP contribution in [0.15, 0.2) is 40.9 Å². The van der Waals surface area contributed by atoms with Gasteiger partial charge in [-0.2, -0.15) is 0 Å². The molecule has 0 atom stereocenters. The lowest BCUT2D eigenvalue weighted by Crippen LogP contribution is -1.98. The van der Waals surface area contributed by atoms with Gasteiger partial charge in [0.25, 0.3) is 0 Å². The zero-order chi connectivity index (χ0) is 13.8. The molecule has 2 aromatic carbocycles. The van der Waals surface area contributed by atoms with Crippen LogP contribution >= 0.6 is 15.9 Å². The van der Waals surface area contributed by atoms with Gasteiger partial charge in [-0.25, -0.2) is 4.39 Å². The molecule has 0 bridgehead atoms. The van der Waals surface area contributed by atoms with Gasteiger partial charge < -0.3 is 15.8 Å². The Morgan fingerprint density at radius 3 is 2.84 bits per heavy atom. The zero-order valence-corrected chi connectivity index (χ0v) is 12.0. The van der Waals surface area contributed by atoms with Crippen LogP contribution in [-0.2, 0) is 11.3 Å². The van der Waals surface area contributed by atoms with E-state index in [2.05, 4.69) is 21.2 Å². The van der Waals surface area contributed by atoms with Gasteiger partial charge in [0.2, 0.25) is 0 Å². The summed E-state index contributed by atoms with van der Waals surface area (Å²) in [6.45, 7) is 0.527. The second-order valence-corrected chi connectivity index (χ2v) is 4.97. The number of rotatable bonds is 4. The molecule has 0 amide bonds. The fourth-order valence-corrected chi connectivity index (χ4v) is 2.09. The van der Waals surface area contributed by atoms with E-state index in [1.54, 1.807) is 7.11 Å². The van der Waals surface area contributed by atoms with Crippen molar-refractivity contribution in [2.45, 2.75) is 6.61 Å². The minimum absolute atomic E-state index is 0.351. The Morgan fingerprint density at radius 1 is 1.32 bits per heavy atom. The zero-order valence-electron chi connectivity index (χ0n) is 10.4. The van der Waals surface area contributed by atoms with E-state index in [4.69, 9.17) is 10.5 Å². The van der Waals surface area contributed by atoms with E-state index < -0.39 is 0 Å². The van der Waals surface area contributed by atoms with Crippen molar-refractivity contribution in [3.05, 3.63) is 52.3 Å². The molecule has 19 heavy (non-hydrogen) atoms. The average Bonchev–Trinajstić information content (AvgIpc) is 2.37. The van der Waals surface area contributed by atoms with E-state index in [1.165, 1.54) is 12.1 Å². The monoisotopic (exact) mass is 324 g/mol. The van der Waals surface area contributed by atoms with E-state index in [-0.39, 0.29) is 5.82 Å². The maximum absolute atomic E-state index is 13.5. The van der Waals surface area contributed by atoms with E-state index in [0.717, 1.165) is 11.3 Å². The van der Waals surface area contributed by atoms with Crippen LogP contribution in [-0.4, -0.2) is 7.11 Å². The van der Waals surface area contributed by atoms with Gasteiger partial charge in [0.15, 0.2) is 0 Å². The standard InChI is InChI=1S/C14H14BrFN2O/c1-19-8-9-3-2-4-10(5-9)18-14-7-12(16)11(15)6-13(14)17/h2-7,18H,8,17H2,1H3. The lowest BCUT2D eigenvalue weighted by atomic mass is 10.2. The SMILES string of the molecule is COCc1cccc(Nc2cc(F)c(Br)cc2N)c1. The molecular formula is C14H14BrFN2O. The smallest absolute Gasteiger partial charge is 0.139 e. The molecule has 0 aliphatic rings. The van der Waals surface area contributed by atoms with Gasteiger partial charge in [0.05, 0.1) is 22.5 Å². The van der Waals surface area contributed by atoms with Crippen LogP contribution in [0.25, 0.3) is 0 Å². The molecule has 0 spiro atoms. The van der Waals surface area contributed by atoms with Crippen molar-refractivity contribution in [1.82, 2.24) is 0 Å². The number of nitrogen functional groups attached to an aromatic ring is 1. The first-order valence-corrected chi connectivity index (χ1v) is 6.49. The maximum atomic E-state index is 13.5. The maximum Gasteiger partial charge on any atom is 0.139 e. The van der Waals surface area contributed by atoms with Gasteiger partial charge in [0.1, 0.15) is 5.82 Å². The third-order valence-corrected chi connectivity index (χ3v) is 3.22. The summed E-state index contributed by atoms with van der Waals surface area (Å²) < 4.78 is 18.9. The number of nitrogens with two attached hydrogens (primary N) is 1. The van der Waals surface area contributed by atoms with Crippen LogP contribution in [0, 0.1) is 5.82 Å². The van der Waals surface area contributed by atoms with Crippen molar-refractivity contribution in [2.75, 3.05) is 18.2 Å². The highest BCUT2D eigenvalue weighted by Gasteiger charge is 2.06. The fraction of sp³-hybridized carbons (Fsp3) is 0.143. The van der Waals surface area contributed by atoms with Gasteiger partial charge in [-0.1, -0.05) is 12.1 Å². The first kappa shape index (κ1) is 13.8. The normalized spacial score (nSPS) is 10.5. The summed E-state index contributed by atoms with van der Waals surface area (Å²) in [4.78, 5) is 0. The lowest BCUT2D eigenvalue weighted by Gasteiger charge is -2.11. The first-order chi connectivity index (χ1) is 9.10. The quantitative estimate of drug-likeness (QED) is 0.834. The van der Waals surface area contributed by atoms with Crippen molar-refractivity contribution < 1.29 is 9.13 Å². The summed E-state index contributed by atoms with van der Waals surface area (Å²) in [5, 5.41) is 3.10. The molecule has 0 aromatic heterocycles. The van der Waals surface area contributed by atoms with Crippen molar-refractivity contribution in [3.63, 3.8) is 0 Å². The van der Waals surface area contributed by atoms with E-state index in [0.29, 0.717) is 22.5 Å². The predicted molar refractivity (Wildman–Crippen MR) is 79.0 cm³/mol. The molecule has 5 heteroatoms. The van der Waals surface area contributed by atoms with Crippen molar-refractivity contribution >= 4 is 33.0 Å². The molecule has 0 saturated heterocycles. The van der Waals surface area contributed by atoms with Gasteiger partial charge in [-0.05, 0) is 39.7 Å². The number of halogens is 2. The Bertz CT molecular complexity index is 590. The molecule has 3 nitrogen and oxygen atoms in total. The highest BCUT2D eigenvalue weighted by Crippen LogP contribution is 2.29. The average molecular weight is 325 g/mol. The van der Waals surface area contributed by atoms with Crippen LogP contribution in [0.3, 0.4) is 0 Å². The molecular weight excluding hydrogens is 311 g/mol. The minimum Gasteiger partial charge on any atom is -0.397 e. The van der Waals surface area contributed by atoms with Gasteiger partial charge in [-0.3, -0.25) is 0 Å². The molecule has 0 fully saturated rings. The summed E-state index contributed by atoms with van der Waals surface area (Å²) in [6.07, 6.45) is 0. The number of anilines is 3. The van der Waals surface area contributed by atoms with Crippen LogP contribution < -0.4 is 11.1 Å². The Hall–Kier alpha value is -1.59. The molecule has 3 N–H and O–H groups in total. The summed E-state index contributed by atoms with van der Waals surface area (Å²) >= 11 is 3.10. The summed E-state index contributed by atoms with van der Waals surface area (Å²) in [5.74, 6) is -0.357. The van der Waals surface area contributed by atoms with Crippen molar-refractivity contribution in [3.8, 4) is 0 Å². The Kier molecular flexibility index (Phi) is 4.39. The van der Waals surface area contributed by atoms with E-state index in [1.807, 2.05) is 24.3 Å². The van der Waals surface area contributed by atoms with E-state index in [9.17, 15) is 4.39 Å². The molecule has 0 heterocycles. The van der Waals surface area contributed by atoms with Gasteiger partial charge in [-0.15, -0.1) is 0 Å². The number of hydrogen-bond donors (Lipinski definition) is 2. The van der Waals surface area contributed by atoms with Crippen molar-refractivity contribution in [2.24, 2.45) is 0 Å². The van der Waals surface area contributed by atoms with Crippen LogP contribution in [0.4, 0.5) is 21.5 Å². The van der Waals surface area contributed by atoms with Crippen LogP contribution in [0.1, 0.15) is 5.56 Å². The second-order valence-electron chi connectivity index (χ2n) is 4.11. The number of benzene rings is 2. The summed E-state index contributed by atoms with van der Waals surface area (Å²) in [5.41, 5.74) is 8.73. The molecule has 0 saturated carbocycles. The van der Waals surface area contributed by atoms with Crippen LogP contribution in [0.5, 0.6) is 0 Å². The first-order valence-electron chi connectivity index (χ1n) is 5.69. The third-order valence-electron chi connectivity index (χ3n) is 2.61. The molecule has 100 valence electrons. The highest BCUT2D eigenvalue weighted by atomic mass is 79.9. The number of hydrogen-bond acceptors (Lipinski definition) is 3. The molecule has 0 radical (unpaired) electrons. The Balaban J connectivity index is 2.25. The Labute approximate surface area is 119 Å². The number of nitrogens with one attached hydrogen (secondary N) is 1. The number of ether oxygens (including phenoxy) is 1. The predicted octanol–water partition coefficient (Wildman–Crippen LogP) is 4.06. The minimum atomic E-state index is -0.357. The third kappa shape index (κ3) is 3.45. The molecule has 0 aliphatic heterocycles. The molecule has 2 rings (SSSR count). The topological polar surface area (TPSA) is 47.3 Å². The molecule has 2 aromatic rings. The number of methoxy groups -OCH3 is 1. The summed E-state index contributed by atoms with van der Waals surface area (Å²) in [7, 11) is 1.64. The highest BCUT2D eigenvalue weighted by molar-refractivity contribution is 9.10. The summed E-state index contributed by atoms with van der Waals surface area (Å²) in [6, 6.07) is 10.6. The van der Waals surface area contributed by atoms with Gasteiger partial charge in [0, 0.05) is 18.9 Å². The molecule has 0 unspecified atom stereocenters. The van der Waals surface area contributed by atoms with Crippen LogP contribution in [0.2, 0.25) is 0 Å². The Morgan fingerprint density at radius 2 is 2.11 bits per heavy atom.